The second kappa shape index (κ2) is 11.9. The lowest BCUT2D eigenvalue weighted by Gasteiger charge is -2.19. The maximum absolute atomic E-state index is 13.3. The molecule has 1 aromatic heterocycles. The standard InChI is InChI=1S/C32H31N3O3S/c1-21-10-12-22(13-11-21)30(37)35-28(20-27-9-6-18-39-27)31(38)34-26-8-5-7-25(19-26)33-29(36)23-14-16-24(17-15-23)32(2,3)4/h5-20H,1-4H3,(H,33,36)(H,34,38)(H,35,37)/b28-20-. The van der Waals surface area contributed by atoms with Gasteiger partial charge in [-0.1, -0.05) is 62.7 Å². The lowest BCUT2D eigenvalue weighted by atomic mass is 9.87. The zero-order valence-electron chi connectivity index (χ0n) is 22.4. The first-order valence-electron chi connectivity index (χ1n) is 12.5. The summed E-state index contributed by atoms with van der Waals surface area (Å²) in [4.78, 5) is 39.8. The highest BCUT2D eigenvalue weighted by atomic mass is 32.1. The summed E-state index contributed by atoms with van der Waals surface area (Å²) in [6, 6.07) is 25.3. The molecule has 0 fully saturated rings. The number of carbonyl (C=O) groups is 3. The Morgan fingerprint density at radius 3 is 1.97 bits per heavy atom. The second-order valence-electron chi connectivity index (χ2n) is 10.2. The summed E-state index contributed by atoms with van der Waals surface area (Å²) < 4.78 is 0. The van der Waals surface area contributed by atoms with Crippen LogP contribution in [0.5, 0.6) is 0 Å². The molecule has 0 aliphatic heterocycles. The summed E-state index contributed by atoms with van der Waals surface area (Å²) in [5, 5.41) is 10.3. The molecule has 4 aromatic rings. The molecule has 0 bridgehead atoms. The first kappa shape index (κ1) is 27.5. The maximum atomic E-state index is 13.3. The predicted molar refractivity (Wildman–Crippen MR) is 159 cm³/mol. The molecule has 0 saturated carbocycles. The Labute approximate surface area is 232 Å². The predicted octanol–water partition coefficient (Wildman–Crippen LogP) is 7.02. The van der Waals surface area contributed by atoms with Gasteiger partial charge in [0.1, 0.15) is 5.70 Å². The Kier molecular flexibility index (Phi) is 8.42. The average Bonchev–Trinajstić information content (AvgIpc) is 3.41. The van der Waals surface area contributed by atoms with Crippen molar-refractivity contribution in [3.8, 4) is 0 Å². The molecular weight excluding hydrogens is 506 g/mol. The monoisotopic (exact) mass is 537 g/mol. The van der Waals surface area contributed by atoms with E-state index >= 15 is 0 Å². The summed E-state index contributed by atoms with van der Waals surface area (Å²) in [7, 11) is 0. The number of amides is 3. The Balaban J connectivity index is 1.48. The van der Waals surface area contributed by atoms with E-state index in [1.165, 1.54) is 11.3 Å². The molecule has 0 saturated heterocycles. The molecule has 0 aliphatic rings. The number of nitrogens with one attached hydrogen (secondary N) is 3. The normalized spacial score (nSPS) is 11.5. The van der Waals surface area contributed by atoms with Crippen molar-refractivity contribution in [1.82, 2.24) is 5.32 Å². The van der Waals surface area contributed by atoms with Gasteiger partial charge in [-0.05, 0) is 77.9 Å². The van der Waals surface area contributed by atoms with Crippen LogP contribution in [0, 0.1) is 6.92 Å². The topological polar surface area (TPSA) is 87.3 Å². The molecule has 4 rings (SSSR count). The van der Waals surface area contributed by atoms with Crippen molar-refractivity contribution in [2.45, 2.75) is 33.1 Å². The van der Waals surface area contributed by atoms with Gasteiger partial charge in [-0.3, -0.25) is 14.4 Å². The van der Waals surface area contributed by atoms with Gasteiger partial charge >= 0.3 is 0 Å². The van der Waals surface area contributed by atoms with Crippen molar-refractivity contribution >= 4 is 46.5 Å². The van der Waals surface area contributed by atoms with Crippen LogP contribution in [0.2, 0.25) is 0 Å². The number of carbonyl (C=O) groups excluding carboxylic acids is 3. The zero-order chi connectivity index (χ0) is 28.0. The fraction of sp³-hybridized carbons (Fsp3) is 0.156. The van der Waals surface area contributed by atoms with Crippen molar-refractivity contribution in [2.75, 3.05) is 10.6 Å². The van der Waals surface area contributed by atoms with Gasteiger partial charge in [0.2, 0.25) is 0 Å². The highest BCUT2D eigenvalue weighted by molar-refractivity contribution is 7.10. The molecule has 0 radical (unpaired) electrons. The third kappa shape index (κ3) is 7.52. The number of benzene rings is 3. The van der Waals surface area contributed by atoms with Gasteiger partial charge in [0.15, 0.2) is 0 Å². The number of rotatable bonds is 7. The van der Waals surface area contributed by atoms with Crippen LogP contribution in [-0.2, 0) is 10.2 Å². The van der Waals surface area contributed by atoms with Gasteiger partial charge in [0, 0.05) is 27.4 Å². The van der Waals surface area contributed by atoms with Crippen LogP contribution >= 0.6 is 11.3 Å². The van der Waals surface area contributed by atoms with Gasteiger partial charge in [0.05, 0.1) is 0 Å². The minimum atomic E-state index is -0.481. The largest absolute Gasteiger partial charge is 0.322 e. The van der Waals surface area contributed by atoms with Crippen LogP contribution < -0.4 is 16.0 Å². The lowest BCUT2D eigenvalue weighted by Crippen LogP contribution is -2.30. The number of aryl methyl sites for hydroxylation is 1. The molecule has 0 atom stereocenters. The van der Waals surface area contributed by atoms with Crippen LogP contribution in [0.3, 0.4) is 0 Å². The van der Waals surface area contributed by atoms with Gasteiger partial charge in [-0.2, -0.15) is 0 Å². The highest BCUT2D eigenvalue weighted by Crippen LogP contribution is 2.23. The van der Waals surface area contributed by atoms with Crippen LogP contribution in [-0.4, -0.2) is 17.7 Å². The SMILES string of the molecule is Cc1ccc(C(=O)N/C(=C\c2cccs2)C(=O)Nc2cccc(NC(=O)c3ccc(C(C)(C)C)cc3)c2)cc1. The van der Waals surface area contributed by atoms with E-state index in [0.717, 1.165) is 16.0 Å². The van der Waals surface area contributed by atoms with E-state index in [9.17, 15) is 14.4 Å². The second-order valence-corrected chi connectivity index (χ2v) is 11.2. The molecule has 0 aliphatic carbocycles. The molecule has 3 aromatic carbocycles. The van der Waals surface area contributed by atoms with Crippen molar-refractivity contribution in [2.24, 2.45) is 0 Å². The Bertz CT molecular complexity index is 1500. The molecular formula is C32H31N3O3S. The maximum Gasteiger partial charge on any atom is 0.272 e. The first-order chi connectivity index (χ1) is 18.6. The van der Waals surface area contributed by atoms with Crippen molar-refractivity contribution in [3.63, 3.8) is 0 Å². The van der Waals surface area contributed by atoms with E-state index in [-0.39, 0.29) is 22.9 Å². The summed E-state index contributed by atoms with van der Waals surface area (Å²) >= 11 is 1.45. The zero-order valence-corrected chi connectivity index (χ0v) is 23.2. The molecule has 6 nitrogen and oxygen atoms in total. The smallest absolute Gasteiger partial charge is 0.272 e. The van der Waals surface area contributed by atoms with Gasteiger partial charge in [0.25, 0.3) is 17.7 Å². The first-order valence-corrected chi connectivity index (χ1v) is 13.4. The van der Waals surface area contributed by atoms with Gasteiger partial charge in [-0.15, -0.1) is 11.3 Å². The van der Waals surface area contributed by atoms with E-state index < -0.39 is 5.91 Å². The molecule has 3 N–H and O–H groups in total. The summed E-state index contributed by atoms with van der Waals surface area (Å²) in [6.07, 6.45) is 1.64. The van der Waals surface area contributed by atoms with Crippen LogP contribution in [0.1, 0.15) is 57.5 Å². The fourth-order valence-corrected chi connectivity index (χ4v) is 4.43. The van der Waals surface area contributed by atoms with Crippen LogP contribution in [0.25, 0.3) is 6.08 Å². The molecule has 3 amide bonds. The number of hydrogen-bond donors (Lipinski definition) is 3. The number of thiophene rings is 1. The van der Waals surface area contributed by atoms with Crippen molar-refractivity contribution < 1.29 is 14.4 Å². The third-order valence-corrected chi connectivity index (χ3v) is 6.85. The Morgan fingerprint density at radius 1 is 0.744 bits per heavy atom. The summed E-state index contributed by atoms with van der Waals surface area (Å²) in [5.74, 6) is -1.11. The van der Waals surface area contributed by atoms with E-state index in [0.29, 0.717) is 22.5 Å². The quantitative estimate of drug-likeness (QED) is 0.222. The molecule has 1 heterocycles. The number of hydrogen-bond acceptors (Lipinski definition) is 4. The Morgan fingerprint density at radius 2 is 1.36 bits per heavy atom. The van der Waals surface area contributed by atoms with Crippen molar-refractivity contribution in [3.05, 3.63) is 123 Å². The minimum absolute atomic E-state index is 0.00203. The van der Waals surface area contributed by atoms with E-state index in [4.69, 9.17) is 0 Å². The fourth-order valence-electron chi connectivity index (χ4n) is 3.77. The van der Waals surface area contributed by atoms with Crippen LogP contribution in [0.15, 0.2) is 96.0 Å². The molecule has 7 heteroatoms. The molecule has 39 heavy (non-hydrogen) atoms. The lowest BCUT2D eigenvalue weighted by molar-refractivity contribution is -0.113. The van der Waals surface area contributed by atoms with Gasteiger partial charge < -0.3 is 16.0 Å². The molecule has 0 unspecified atom stereocenters. The molecule has 0 spiro atoms. The van der Waals surface area contributed by atoms with E-state index in [1.54, 1.807) is 54.6 Å². The van der Waals surface area contributed by atoms with Crippen molar-refractivity contribution in [1.29, 1.82) is 0 Å². The highest BCUT2D eigenvalue weighted by Gasteiger charge is 2.17. The summed E-state index contributed by atoms with van der Waals surface area (Å²) in [6.45, 7) is 8.31. The Hall–Kier alpha value is -4.49. The van der Waals surface area contributed by atoms with Crippen LogP contribution in [0.4, 0.5) is 11.4 Å². The van der Waals surface area contributed by atoms with Gasteiger partial charge in [-0.25, -0.2) is 0 Å². The van der Waals surface area contributed by atoms with E-state index in [2.05, 4.69) is 36.7 Å². The third-order valence-electron chi connectivity index (χ3n) is 6.03. The summed E-state index contributed by atoms with van der Waals surface area (Å²) in [5.41, 5.74) is 4.28. The average molecular weight is 538 g/mol. The molecule has 198 valence electrons. The number of anilines is 2. The van der Waals surface area contributed by atoms with E-state index in [1.807, 2.05) is 48.7 Å². The minimum Gasteiger partial charge on any atom is -0.322 e.